The molecule has 171 valence electrons. The molecular weight excluding hydrogens is 497 g/mol. The molecule has 0 saturated heterocycles. The maximum Gasteiger partial charge on any atom is 0.137 e. The number of allylic oxidation sites excluding steroid dienone is 4. The molecule has 2 nitrogen and oxygen atoms in total. The molecule has 0 aliphatic heterocycles. The van der Waals surface area contributed by atoms with Crippen LogP contribution in [0.15, 0.2) is 64.8 Å². The van der Waals surface area contributed by atoms with Crippen LogP contribution in [0.2, 0.25) is 0 Å². The van der Waals surface area contributed by atoms with Crippen molar-refractivity contribution in [2.45, 2.75) is 71.1 Å². The van der Waals surface area contributed by atoms with E-state index in [2.05, 4.69) is 99.9 Å². The zero-order chi connectivity index (χ0) is 22.7. The van der Waals surface area contributed by atoms with E-state index in [4.69, 9.17) is 4.98 Å². The van der Waals surface area contributed by atoms with Gasteiger partial charge in [-0.1, -0.05) is 38.0 Å². The van der Waals surface area contributed by atoms with Gasteiger partial charge in [-0.25, -0.2) is 4.98 Å². The number of imidazole rings is 1. The quantitative estimate of drug-likeness (QED) is 0.268. The summed E-state index contributed by atoms with van der Waals surface area (Å²) in [5, 5.41) is 0. The van der Waals surface area contributed by atoms with Crippen LogP contribution in [-0.2, 0) is 45.6 Å². The fraction of sp³-hybridized carbons (Fsp3) is 0.379. The summed E-state index contributed by atoms with van der Waals surface area (Å²) < 4.78 is 2.12. The number of fused-ring (bicyclic) bond motifs is 1. The Morgan fingerprint density at radius 3 is 2.42 bits per heavy atom. The largest absolute Gasteiger partial charge is 0.328 e. The maximum absolute atomic E-state index is 4.83. The molecule has 0 amide bonds. The molecule has 2 aromatic heterocycles. The minimum Gasteiger partial charge on any atom is -0.328 e. The van der Waals surface area contributed by atoms with E-state index in [1.54, 1.807) is 0 Å². The van der Waals surface area contributed by atoms with Gasteiger partial charge in [-0.05, 0) is 91.1 Å². The molecule has 33 heavy (non-hydrogen) atoms. The van der Waals surface area contributed by atoms with Gasteiger partial charge in [-0.15, -0.1) is 12.6 Å². The van der Waals surface area contributed by atoms with Gasteiger partial charge in [-0.2, -0.15) is 12.8 Å². The molecule has 1 radical (unpaired) electrons. The summed E-state index contributed by atoms with van der Waals surface area (Å²) in [4.78, 5) is 5.88. The van der Waals surface area contributed by atoms with Gasteiger partial charge >= 0.3 is 0 Å². The van der Waals surface area contributed by atoms with Crippen LogP contribution in [0.3, 0.4) is 0 Å². The maximum atomic E-state index is 4.83. The average molecular weight is 533 g/mol. The molecule has 2 aliphatic carbocycles. The summed E-state index contributed by atoms with van der Waals surface area (Å²) in [5.74, 6) is 1.00. The van der Waals surface area contributed by atoms with Crippen molar-refractivity contribution in [1.82, 2.24) is 9.38 Å². The number of rotatable bonds is 4. The van der Waals surface area contributed by atoms with E-state index in [-0.39, 0.29) is 32.7 Å². The zero-order valence-corrected chi connectivity index (χ0v) is 24.2. The Kier molecular flexibility index (Phi) is 9.62. The summed E-state index contributed by atoms with van der Waals surface area (Å²) in [6.07, 6.45) is 16.4. The molecule has 0 N–H and O–H groups in total. The second-order valence-electron chi connectivity index (χ2n) is 9.47. The Morgan fingerprint density at radius 2 is 1.82 bits per heavy atom. The van der Waals surface area contributed by atoms with Crippen molar-refractivity contribution in [3.05, 3.63) is 88.8 Å². The van der Waals surface area contributed by atoms with Crippen molar-refractivity contribution in [3.63, 3.8) is 0 Å². The van der Waals surface area contributed by atoms with Gasteiger partial charge in [0.1, 0.15) is 5.65 Å². The minimum absolute atomic E-state index is 0. The van der Waals surface area contributed by atoms with E-state index in [0.29, 0.717) is 0 Å². The molecule has 4 heteroatoms. The van der Waals surface area contributed by atoms with E-state index in [1.165, 1.54) is 59.1 Å². The SMILES string of the molecule is CC1=CC(C)=C1c1ccn2cc(CCc3ccc(S)c(C)c3)nc2c1.CC1CC[CH-]CC1.[Y]. The summed E-state index contributed by atoms with van der Waals surface area (Å²) in [5.41, 5.74) is 10.1. The van der Waals surface area contributed by atoms with Crippen LogP contribution in [0.5, 0.6) is 0 Å². The normalized spacial score (nSPS) is 16.0. The third-order valence-corrected chi connectivity index (χ3v) is 7.18. The van der Waals surface area contributed by atoms with Gasteiger partial charge < -0.3 is 10.8 Å². The Hall–Kier alpha value is -1.16. The van der Waals surface area contributed by atoms with Gasteiger partial charge in [0.05, 0.1) is 5.69 Å². The van der Waals surface area contributed by atoms with E-state index in [1.807, 2.05) is 0 Å². The smallest absolute Gasteiger partial charge is 0.137 e. The Balaban J connectivity index is 0.000000330. The fourth-order valence-corrected chi connectivity index (χ4v) is 4.85. The second kappa shape index (κ2) is 12.0. The molecule has 0 bridgehead atoms. The molecule has 2 aliphatic rings. The van der Waals surface area contributed by atoms with Crippen LogP contribution >= 0.6 is 12.6 Å². The fourth-order valence-electron chi connectivity index (χ4n) is 4.71. The molecular formula is C29H35N2SY-. The summed E-state index contributed by atoms with van der Waals surface area (Å²) in [7, 11) is 0. The predicted octanol–water partition coefficient (Wildman–Crippen LogP) is 7.85. The van der Waals surface area contributed by atoms with Gasteiger partial charge in [0.15, 0.2) is 0 Å². The minimum atomic E-state index is 0. The monoisotopic (exact) mass is 532 g/mol. The first-order chi connectivity index (χ1) is 15.4. The van der Waals surface area contributed by atoms with Crippen molar-refractivity contribution in [2.75, 3.05) is 0 Å². The predicted molar refractivity (Wildman–Crippen MR) is 139 cm³/mol. The van der Waals surface area contributed by atoms with Crippen LogP contribution in [0.1, 0.15) is 68.8 Å². The van der Waals surface area contributed by atoms with Gasteiger partial charge in [-0.3, -0.25) is 0 Å². The first kappa shape index (κ1) is 26.4. The standard InChI is InChI=1S/C22H22N2S.C7H13.Y/c1-14-11-17(5-7-20(14)25)4-6-19-13-24-9-8-18(12-21(24)23-19)22-15(2)10-16(22)3;1-7-5-3-2-4-6-7;/h5,7-13,25H,4,6H2,1-3H3;2,7H,3-6H2,1H3;/q;-1;. The molecule has 0 spiro atoms. The van der Waals surface area contributed by atoms with Crippen LogP contribution in [0, 0.1) is 19.3 Å². The Labute approximate surface area is 230 Å². The number of thiol groups is 1. The first-order valence-electron chi connectivity index (χ1n) is 11.9. The Bertz CT molecular complexity index is 1170. The summed E-state index contributed by atoms with van der Waals surface area (Å²) >= 11 is 4.44. The molecule has 0 unspecified atom stereocenters. The van der Waals surface area contributed by atoms with Crippen LogP contribution < -0.4 is 0 Å². The van der Waals surface area contributed by atoms with Crippen molar-refractivity contribution >= 4 is 23.8 Å². The molecule has 0 atom stereocenters. The number of nitrogens with zero attached hydrogens (tertiary/aromatic N) is 2. The van der Waals surface area contributed by atoms with E-state index < -0.39 is 0 Å². The molecule has 5 rings (SSSR count). The first-order valence-corrected chi connectivity index (χ1v) is 12.3. The van der Waals surface area contributed by atoms with Crippen molar-refractivity contribution in [1.29, 1.82) is 0 Å². The topological polar surface area (TPSA) is 17.3 Å². The molecule has 3 aromatic rings. The van der Waals surface area contributed by atoms with E-state index in [0.717, 1.165) is 35.0 Å². The van der Waals surface area contributed by atoms with Crippen LogP contribution in [-0.4, -0.2) is 9.38 Å². The van der Waals surface area contributed by atoms with Crippen molar-refractivity contribution in [3.8, 4) is 0 Å². The van der Waals surface area contributed by atoms with Crippen LogP contribution in [0.25, 0.3) is 11.2 Å². The third-order valence-electron chi connectivity index (χ3n) is 6.68. The van der Waals surface area contributed by atoms with Crippen molar-refractivity contribution < 1.29 is 32.7 Å². The average Bonchev–Trinajstić information content (AvgIpc) is 3.18. The second-order valence-corrected chi connectivity index (χ2v) is 9.95. The van der Waals surface area contributed by atoms with Crippen molar-refractivity contribution in [2.24, 2.45) is 5.92 Å². The number of benzene rings is 1. The number of aryl methyl sites for hydroxylation is 3. The Morgan fingerprint density at radius 1 is 1.06 bits per heavy atom. The number of hydrogen-bond donors (Lipinski definition) is 1. The molecule has 2 heterocycles. The number of aromatic nitrogens is 2. The third kappa shape index (κ3) is 6.71. The molecule has 1 fully saturated rings. The van der Waals surface area contributed by atoms with Crippen LogP contribution in [0.4, 0.5) is 0 Å². The summed E-state index contributed by atoms with van der Waals surface area (Å²) in [6.45, 7) is 8.78. The van der Waals surface area contributed by atoms with Gasteiger partial charge in [0.2, 0.25) is 0 Å². The molecule has 1 saturated carbocycles. The number of hydrogen-bond acceptors (Lipinski definition) is 2. The summed E-state index contributed by atoms with van der Waals surface area (Å²) in [6, 6.07) is 10.8. The molecule has 1 aromatic carbocycles. The van der Waals surface area contributed by atoms with E-state index >= 15 is 0 Å². The zero-order valence-electron chi connectivity index (χ0n) is 20.4. The van der Waals surface area contributed by atoms with Gasteiger partial charge in [0, 0.05) is 50.0 Å². The van der Waals surface area contributed by atoms with Gasteiger partial charge in [0.25, 0.3) is 0 Å². The number of pyridine rings is 1. The van der Waals surface area contributed by atoms with E-state index in [9.17, 15) is 0 Å².